The van der Waals surface area contributed by atoms with Gasteiger partial charge in [0, 0.05) is 18.5 Å². The molecule has 2 saturated heterocycles. The van der Waals surface area contributed by atoms with E-state index in [4.69, 9.17) is 4.74 Å². The lowest BCUT2D eigenvalue weighted by atomic mass is 9.59. The number of likely N-dealkylation sites (tertiary alicyclic amines) is 1. The first kappa shape index (κ1) is 18.5. The second-order valence-electron chi connectivity index (χ2n) is 9.81. The summed E-state index contributed by atoms with van der Waals surface area (Å²) in [6.45, 7) is 7.95. The Labute approximate surface area is 158 Å². The number of esters is 1. The second kappa shape index (κ2) is 6.94. The molecule has 4 rings (SSSR count). The summed E-state index contributed by atoms with van der Waals surface area (Å²) in [4.78, 5) is 17.6. The molecule has 146 valence electrons. The summed E-state index contributed by atoms with van der Waals surface area (Å²) < 4.78 is 5.91. The zero-order chi connectivity index (χ0) is 18.5. The van der Waals surface area contributed by atoms with Crippen LogP contribution in [-0.4, -0.2) is 61.6 Å². The summed E-state index contributed by atoms with van der Waals surface area (Å²) in [5.41, 5.74) is 1.88. The fraction of sp³-hybridized carbons (Fsp3) is 0.864. The molecule has 0 aromatic heterocycles. The number of piperidine rings is 1. The summed E-state index contributed by atoms with van der Waals surface area (Å²) >= 11 is 0. The molecule has 5 atom stereocenters. The molecule has 2 heterocycles. The standard InChI is InChI=1S/C22H36N2O2/c1-15-6-5-9-22(2)13-20-17(12-19(15)22)18(21(25)26-20)14-24(4)16-7-10-23(3)11-8-16/h12,15-18,20H,5-11,13-14H2,1-4H3. The number of allylic oxidation sites excluding steroid dienone is 1. The van der Waals surface area contributed by atoms with Gasteiger partial charge in [0.05, 0.1) is 5.92 Å². The third kappa shape index (κ3) is 3.24. The van der Waals surface area contributed by atoms with E-state index in [1.165, 1.54) is 32.1 Å². The van der Waals surface area contributed by atoms with Crippen LogP contribution in [-0.2, 0) is 9.53 Å². The SMILES string of the molecule is CC1CCCC2(C)CC3OC(=O)C(CN(C)C4CCN(C)CC4)C3C=C12. The average molecular weight is 361 g/mol. The summed E-state index contributed by atoms with van der Waals surface area (Å²) in [5.74, 6) is 1.03. The van der Waals surface area contributed by atoms with Gasteiger partial charge < -0.3 is 14.5 Å². The molecule has 0 amide bonds. The number of ether oxygens (including phenoxy) is 1. The van der Waals surface area contributed by atoms with Crippen molar-refractivity contribution >= 4 is 5.97 Å². The van der Waals surface area contributed by atoms with Crippen molar-refractivity contribution in [1.29, 1.82) is 0 Å². The van der Waals surface area contributed by atoms with Crippen LogP contribution in [0.15, 0.2) is 11.6 Å². The Hall–Kier alpha value is -0.870. The molecule has 0 N–H and O–H groups in total. The predicted octanol–water partition coefficient (Wildman–Crippen LogP) is 3.33. The van der Waals surface area contributed by atoms with E-state index in [0.29, 0.717) is 17.9 Å². The number of hydrogen-bond acceptors (Lipinski definition) is 4. The molecule has 1 saturated carbocycles. The van der Waals surface area contributed by atoms with Crippen LogP contribution in [0.5, 0.6) is 0 Å². The first-order valence-corrected chi connectivity index (χ1v) is 10.7. The maximum atomic E-state index is 12.7. The molecule has 0 aromatic carbocycles. The smallest absolute Gasteiger partial charge is 0.311 e. The average Bonchev–Trinajstić information content (AvgIpc) is 2.88. The molecule has 0 aromatic rings. The fourth-order valence-electron chi connectivity index (χ4n) is 6.15. The Balaban J connectivity index is 1.49. The van der Waals surface area contributed by atoms with Gasteiger partial charge in [0.2, 0.25) is 0 Å². The van der Waals surface area contributed by atoms with E-state index in [-0.39, 0.29) is 23.4 Å². The monoisotopic (exact) mass is 360 g/mol. The summed E-state index contributed by atoms with van der Waals surface area (Å²) in [6.07, 6.45) is 9.90. The van der Waals surface area contributed by atoms with Gasteiger partial charge in [-0.1, -0.05) is 31.9 Å². The van der Waals surface area contributed by atoms with E-state index in [0.717, 1.165) is 26.1 Å². The number of rotatable bonds is 3. The summed E-state index contributed by atoms with van der Waals surface area (Å²) in [7, 11) is 4.41. The van der Waals surface area contributed by atoms with Gasteiger partial charge >= 0.3 is 5.97 Å². The Morgan fingerprint density at radius 1 is 1.31 bits per heavy atom. The highest BCUT2D eigenvalue weighted by atomic mass is 16.6. The van der Waals surface area contributed by atoms with Crippen LogP contribution in [0.25, 0.3) is 0 Å². The van der Waals surface area contributed by atoms with Crippen molar-refractivity contribution < 1.29 is 9.53 Å². The number of fused-ring (bicyclic) bond motifs is 2. The highest BCUT2D eigenvalue weighted by molar-refractivity contribution is 5.76. The van der Waals surface area contributed by atoms with Gasteiger partial charge in [-0.05, 0) is 70.6 Å². The molecule has 4 heteroatoms. The van der Waals surface area contributed by atoms with E-state index in [1.807, 2.05) is 0 Å². The van der Waals surface area contributed by atoms with Crippen LogP contribution in [0.4, 0.5) is 0 Å². The molecular weight excluding hydrogens is 324 g/mol. The van der Waals surface area contributed by atoms with Crippen LogP contribution >= 0.6 is 0 Å². The third-order valence-electron chi connectivity index (χ3n) is 7.88. The first-order chi connectivity index (χ1) is 12.4. The molecule has 26 heavy (non-hydrogen) atoms. The van der Waals surface area contributed by atoms with E-state index >= 15 is 0 Å². The van der Waals surface area contributed by atoms with Crippen LogP contribution in [0, 0.1) is 23.2 Å². The van der Waals surface area contributed by atoms with E-state index < -0.39 is 0 Å². The predicted molar refractivity (Wildman–Crippen MR) is 104 cm³/mol. The lowest BCUT2D eigenvalue weighted by Crippen LogP contribution is -2.45. The van der Waals surface area contributed by atoms with Crippen molar-refractivity contribution in [2.45, 2.75) is 64.5 Å². The van der Waals surface area contributed by atoms with Crippen molar-refractivity contribution in [2.24, 2.45) is 23.2 Å². The maximum absolute atomic E-state index is 12.7. The molecule has 4 aliphatic rings. The zero-order valence-corrected chi connectivity index (χ0v) is 17.0. The topological polar surface area (TPSA) is 32.8 Å². The molecule has 2 aliphatic carbocycles. The third-order valence-corrected chi connectivity index (χ3v) is 7.88. The number of carbonyl (C=O) groups is 1. The maximum Gasteiger partial charge on any atom is 0.311 e. The normalized spacial score (nSPS) is 41.6. The number of hydrogen-bond donors (Lipinski definition) is 0. The minimum Gasteiger partial charge on any atom is -0.461 e. The Bertz CT molecular complexity index is 581. The largest absolute Gasteiger partial charge is 0.461 e. The lowest BCUT2D eigenvalue weighted by molar-refractivity contribution is -0.145. The summed E-state index contributed by atoms with van der Waals surface area (Å²) in [6, 6.07) is 0.605. The second-order valence-corrected chi connectivity index (χ2v) is 9.81. The first-order valence-electron chi connectivity index (χ1n) is 10.7. The van der Waals surface area contributed by atoms with Crippen molar-refractivity contribution in [1.82, 2.24) is 9.80 Å². The molecule has 0 bridgehead atoms. The minimum atomic E-state index is 0.0239. The van der Waals surface area contributed by atoms with E-state index in [2.05, 4.69) is 43.8 Å². The molecular formula is C22H36N2O2. The quantitative estimate of drug-likeness (QED) is 0.571. The highest BCUT2D eigenvalue weighted by Crippen LogP contribution is 2.54. The highest BCUT2D eigenvalue weighted by Gasteiger charge is 2.52. The molecule has 3 fully saturated rings. The Morgan fingerprint density at radius 3 is 2.77 bits per heavy atom. The summed E-state index contributed by atoms with van der Waals surface area (Å²) in [5, 5.41) is 0. The molecule has 4 nitrogen and oxygen atoms in total. The van der Waals surface area contributed by atoms with Gasteiger partial charge in [-0.15, -0.1) is 0 Å². The van der Waals surface area contributed by atoms with Crippen molar-refractivity contribution in [2.75, 3.05) is 33.7 Å². The van der Waals surface area contributed by atoms with Gasteiger partial charge in [0.1, 0.15) is 6.10 Å². The van der Waals surface area contributed by atoms with Gasteiger partial charge in [-0.3, -0.25) is 4.79 Å². The van der Waals surface area contributed by atoms with Crippen molar-refractivity contribution in [3.63, 3.8) is 0 Å². The van der Waals surface area contributed by atoms with E-state index in [1.54, 1.807) is 5.57 Å². The van der Waals surface area contributed by atoms with Crippen LogP contribution < -0.4 is 0 Å². The lowest BCUT2D eigenvalue weighted by Gasteiger charge is -2.46. The van der Waals surface area contributed by atoms with E-state index in [9.17, 15) is 4.79 Å². The van der Waals surface area contributed by atoms with Gasteiger partial charge in [-0.2, -0.15) is 0 Å². The molecule has 2 aliphatic heterocycles. The van der Waals surface area contributed by atoms with Crippen molar-refractivity contribution in [3.8, 4) is 0 Å². The van der Waals surface area contributed by atoms with Gasteiger partial charge in [0.25, 0.3) is 0 Å². The van der Waals surface area contributed by atoms with Crippen LogP contribution in [0.3, 0.4) is 0 Å². The van der Waals surface area contributed by atoms with Crippen LogP contribution in [0.1, 0.15) is 52.4 Å². The van der Waals surface area contributed by atoms with Crippen molar-refractivity contribution in [3.05, 3.63) is 11.6 Å². The number of nitrogens with zero attached hydrogens (tertiary/aromatic N) is 2. The zero-order valence-electron chi connectivity index (χ0n) is 17.0. The Morgan fingerprint density at radius 2 is 2.04 bits per heavy atom. The molecule has 0 spiro atoms. The van der Waals surface area contributed by atoms with Gasteiger partial charge in [-0.25, -0.2) is 0 Å². The number of carbonyl (C=O) groups excluding carboxylic acids is 1. The van der Waals surface area contributed by atoms with Gasteiger partial charge in [0.15, 0.2) is 0 Å². The molecule has 5 unspecified atom stereocenters. The fourth-order valence-corrected chi connectivity index (χ4v) is 6.15. The minimum absolute atomic E-state index is 0.0239. The Kier molecular flexibility index (Phi) is 4.94. The van der Waals surface area contributed by atoms with Crippen LogP contribution in [0.2, 0.25) is 0 Å². The molecule has 0 radical (unpaired) electrons.